The molecular weight excluding hydrogens is 320 g/mol. The number of thiazole rings is 1. The van der Waals surface area contributed by atoms with Gasteiger partial charge in [-0.1, -0.05) is 0 Å². The number of hydrogen-bond donors (Lipinski definition) is 0. The number of methoxy groups -OCH3 is 1. The molecule has 0 bridgehead atoms. The molecule has 0 aliphatic rings. The average molecular weight is 340 g/mol. The molecule has 2 aromatic rings. The molecule has 22 heavy (non-hydrogen) atoms. The van der Waals surface area contributed by atoms with Crippen LogP contribution < -0.4 is 4.74 Å². The molecule has 1 heterocycles. The van der Waals surface area contributed by atoms with Crippen LogP contribution in [0.3, 0.4) is 0 Å². The number of benzene rings is 1. The lowest BCUT2D eigenvalue weighted by Gasteiger charge is -2.20. The minimum atomic E-state index is -3.52. The molecule has 1 aromatic carbocycles. The molecule has 0 atom stereocenters. The lowest BCUT2D eigenvalue weighted by atomic mass is 10.1. The van der Waals surface area contributed by atoms with Gasteiger partial charge in [-0.25, -0.2) is 17.7 Å². The normalized spacial score (nSPS) is 11.9. The summed E-state index contributed by atoms with van der Waals surface area (Å²) in [4.78, 5) is 4.54. The molecule has 0 unspecified atom stereocenters. The summed E-state index contributed by atoms with van der Waals surface area (Å²) >= 11 is 1.53. The van der Waals surface area contributed by atoms with E-state index in [0.717, 1.165) is 5.01 Å². The quantitative estimate of drug-likeness (QED) is 0.811. The second kappa shape index (κ2) is 6.76. The predicted octanol–water partition coefficient (Wildman–Crippen LogP) is 2.63. The van der Waals surface area contributed by atoms with Gasteiger partial charge in [0.05, 0.1) is 17.0 Å². The lowest BCUT2D eigenvalue weighted by Crippen LogP contribution is -2.30. The zero-order chi connectivity index (χ0) is 16.3. The Morgan fingerprint density at radius 1 is 1.27 bits per heavy atom. The van der Waals surface area contributed by atoms with Crippen molar-refractivity contribution in [1.29, 1.82) is 0 Å². The number of sulfonamides is 1. The Morgan fingerprint density at radius 3 is 2.41 bits per heavy atom. The first-order chi connectivity index (χ1) is 10.4. The van der Waals surface area contributed by atoms with Crippen LogP contribution in [0.5, 0.6) is 5.75 Å². The molecule has 0 N–H and O–H groups in total. The first-order valence-corrected chi connectivity index (χ1v) is 9.18. The van der Waals surface area contributed by atoms with E-state index >= 15 is 0 Å². The van der Waals surface area contributed by atoms with Crippen LogP contribution in [-0.4, -0.2) is 38.4 Å². The zero-order valence-electron chi connectivity index (χ0n) is 13.2. The van der Waals surface area contributed by atoms with Gasteiger partial charge in [-0.2, -0.15) is 0 Å². The van der Waals surface area contributed by atoms with Crippen molar-refractivity contribution in [3.05, 3.63) is 39.8 Å². The maximum absolute atomic E-state index is 12.8. The highest BCUT2D eigenvalue weighted by molar-refractivity contribution is 7.89. The van der Waals surface area contributed by atoms with Crippen molar-refractivity contribution in [2.24, 2.45) is 0 Å². The fourth-order valence-electron chi connectivity index (χ4n) is 2.34. The number of hydrogen-bond acceptors (Lipinski definition) is 5. The lowest BCUT2D eigenvalue weighted by molar-refractivity contribution is 0.413. The molecule has 1 aromatic heterocycles. The summed E-state index contributed by atoms with van der Waals surface area (Å²) < 4.78 is 32.2. The van der Waals surface area contributed by atoms with Crippen LogP contribution in [0.2, 0.25) is 0 Å². The Bertz CT molecular complexity index is 717. The van der Waals surface area contributed by atoms with Crippen LogP contribution in [0.4, 0.5) is 0 Å². The average Bonchev–Trinajstić information content (AvgIpc) is 2.96. The van der Waals surface area contributed by atoms with Crippen LogP contribution in [0.25, 0.3) is 0 Å². The molecule has 120 valence electrons. The summed E-state index contributed by atoms with van der Waals surface area (Å²) in [5.41, 5.74) is 1.39. The van der Waals surface area contributed by atoms with Gasteiger partial charge in [0.15, 0.2) is 0 Å². The smallest absolute Gasteiger partial charge is 0.243 e. The van der Waals surface area contributed by atoms with Gasteiger partial charge in [-0.3, -0.25) is 0 Å². The van der Waals surface area contributed by atoms with Crippen molar-refractivity contribution in [2.45, 2.75) is 25.2 Å². The van der Waals surface area contributed by atoms with Crippen LogP contribution in [0.15, 0.2) is 28.6 Å². The number of nitrogens with zero attached hydrogens (tertiary/aromatic N) is 2. The summed E-state index contributed by atoms with van der Waals surface area (Å²) in [6, 6.07) is 3.49. The van der Waals surface area contributed by atoms with Gasteiger partial charge in [0.25, 0.3) is 0 Å². The van der Waals surface area contributed by atoms with E-state index in [-0.39, 0.29) is 0 Å². The third-order valence-electron chi connectivity index (χ3n) is 3.46. The van der Waals surface area contributed by atoms with E-state index in [9.17, 15) is 8.42 Å². The monoisotopic (exact) mass is 340 g/mol. The van der Waals surface area contributed by atoms with E-state index in [1.54, 1.807) is 46.3 Å². The summed E-state index contributed by atoms with van der Waals surface area (Å²) in [6.45, 7) is 3.98. The first kappa shape index (κ1) is 16.9. The fourth-order valence-corrected chi connectivity index (χ4v) is 4.53. The SMILES string of the molecule is COc1cc(C)c(S(=O)(=O)N(C)CCc2nccs2)c(C)c1. The van der Waals surface area contributed by atoms with E-state index in [1.165, 1.54) is 15.6 Å². The molecule has 0 aliphatic carbocycles. The van der Waals surface area contributed by atoms with Crippen molar-refractivity contribution in [3.8, 4) is 5.75 Å². The van der Waals surface area contributed by atoms with Crippen molar-refractivity contribution >= 4 is 21.4 Å². The van der Waals surface area contributed by atoms with E-state index in [1.807, 2.05) is 5.38 Å². The minimum absolute atomic E-state index is 0.356. The van der Waals surface area contributed by atoms with Gasteiger partial charge in [0.1, 0.15) is 5.75 Å². The standard InChI is InChI=1S/C15H20N2O3S2/c1-11-9-13(20-4)10-12(2)15(11)22(18,19)17(3)7-5-14-16-6-8-21-14/h6,8-10H,5,7H2,1-4H3. The number of aryl methyl sites for hydroxylation is 2. The highest BCUT2D eigenvalue weighted by atomic mass is 32.2. The minimum Gasteiger partial charge on any atom is -0.497 e. The van der Waals surface area contributed by atoms with Gasteiger partial charge in [-0.15, -0.1) is 11.3 Å². The molecule has 0 saturated carbocycles. The van der Waals surface area contributed by atoms with E-state index in [4.69, 9.17) is 4.74 Å². The Labute approximate surface area is 135 Å². The Hall–Kier alpha value is -1.44. The van der Waals surface area contributed by atoms with Crippen LogP contribution >= 0.6 is 11.3 Å². The fraction of sp³-hybridized carbons (Fsp3) is 0.400. The zero-order valence-corrected chi connectivity index (χ0v) is 14.8. The maximum Gasteiger partial charge on any atom is 0.243 e. The van der Waals surface area contributed by atoms with Gasteiger partial charge >= 0.3 is 0 Å². The third-order valence-corrected chi connectivity index (χ3v) is 6.46. The van der Waals surface area contributed by atoms with Gasteiger partial charge in [0.2, 0.25) is 10.0 Å². The Kier molecular flexibility index (Phi) is 5.20. The van der Waals surface area contributed by atoms with E-state index in [2.05, 4.69) is 4.98 Å². The second-order valence-corrected chi connectivity index (χ2v) is 8.05. The van der Waals surface area contributed by atoms with Gasteiger partial charge in [0, 0.05) is 31.6 Å². The highest BCUT2D eigenvalue weighted by Gasteiger charge is 2.25. The highest BCUT2D eigenvalue weighted by Crippen LogP contribution is 2.27. The number of rotatable bonds is 6. The molecular formula is C15H20N2O3S2. The van der Waals surface area contributed by atoms with E-state index < -0.39 is 10.0 Å². The molecule has 0 aliphatic heterocycles. The van der Waals surface area contributed by atoms with Crippen LogP contribution in [0, 0.1) is 13.8 Å². The van der Waals surface area contributed by atoms with Crippen LogP contribution in [-0.2, 0) is 16.4 Å². The van der Waals surface area contributed by atoms with Crippen molar-refractivity contribution in [1.82, 2.24) is 9.29 Å². The molecule has 2 rings (SSSR count). The summed E-state index contributed by atoms with van der Waals surface area (Å²) in [5.74, 6) is 0.666. The Balaban J connectivity index is 2.26. The van der Waals surface area contributed by atoms with Gasteiger partial charge < -0.3 is 4.74 Å². The summed E-state index contributed by atoms with van der Waals surface area (Å²) in [7, 11) is -0.349. The largest absolute Gasteiger partial charge is 0.497 e. The van der Waals surface area contributed by atoms with Crippen molar-refractivity contribution in [2.75, 3.05) is 20.7 Å². The maximum atomic E-state index is 12.8. The summed E-state index contributed by atoms with van der Waals surface area (Å²) in [6.07, 6.45) is 2.34. The summed E-state index contributed by atoms with van der Waals surface area (Å²) in [5, 5.41) is 2.83. The van der Waals surface area contributed by atoms with Crippen molar-refractivity contribution < 1.29 is 13.2 Å². The number of likely N-dealkylation sites (N-methyl/N-ethyl adjacent to an activating group) is 1. The molecule has 0 spiro atoms. The van der Waals surface area contributed by atoms with Crippen molar-refractivity contribution in [3.63, 3.8) is 0 Å². The topological polar surface area (TPSA) is 59.5 Å². The van der Waals surface area contributed by atoms with Gasteiger partial charge in [-0.05, 0) is 37.1 Å². The number of ether oxygens (including phenoxy) is 1. The third kappa shape index (κ3) is 3.48. The molecule has 0 saturated heterocycles. The molecule has 0 radical (unpaired) electrons. The van der Waals surface area contributed by atoms with Crippen LogP contribution in [0.1, 0.15) is 16.1 Å². The predicted molar refractivity (Wildman–Crippen MR) is 88.1 cm³/mol. The van der Waals surface area contributed by atoms with E-state index in [0.29, 0.717) is 34.7 Å². The number of aromatic nitrogens is 1. The molecule has 0 amide bonds. The second-order valence-electron chi connectivity index (χ2n) is 5.09. The molecule has 5 nitrogen and oxygen atoms in total. The molecule has 7 heteroatoms. The first-order valence-electron chi connectivity index (χ1n) is 6.86. The Morgan fingerprint density at radius 2 is 1.91 bits per heavy atom. The molecule has 0 fully saturated rings.